The van der Waals surface area contributed by atoms with Gasteiger partial charge in [-0.05, 0) is 92.2 Å². The van der Waals surface area contributed by atoms with Crippen LogP contribution in [0.15, 0.2) is 209 Å². The van der Waals surface area contributed by atoms with E-state index >= 15 is 0 Å². The quantitative estimate of drug-likeness (QED) is 0.177. The molecule has 0 aliphatic carbocycles. The van der Waals surface area contributed by atoms with Crippen LogP contribution < -0.4 is 4.90 Å². The smallest absolute Gasteiger partial charge is 0.143 e. The van der Waals surface area contributed by atoms with Crippen LogP contribution in [0.25, 0.3) is 98.4 Å². The molecular formula is C54H33NO2. The van der Waals surface area contributed by atoms with Gasteiger partial charge in [-0.3, -0.25) is 0 Å². The molecule has 0 radical (unpaired) electrons. The summed E-state index contributed by atoms with van der Waals surface area (Å²) in [4.78, 5) is 2.39. The zero-order valence-electron chi connectivity index (χ0n) is 30.8. The maximum absolute atomic E-state index is 6.91. The largest absolute Gasteiger partial charge is 0.455 e. The highest BCUT2D eigenvalue weighted by atomic mass is 16.3. The molecule has 2 aromatic heterocycles. The molecule has 266 valence electrons. The number of rotatable bonds is 5. The van der Waals surface area contributed by atoms with Crippen molar-refractivity contribution in [2.75, 3.05) is 4.90 Å². The van der Waals surface area contributed by atoms with Crippen LogP contribution in [0.4, 0.5) is 17.1 Å². The number of anilines is 3. The lowest BCUT2D eigenvalue weighted by Crippen LogP contribution is -2.10. The molecule has 12 rings (SSSR count). The maximum atomic E-state index is 6.91. The van der Waals surface area contributed by atoms with Gasteiger partial charge in [0.25, 0.3) is 0 Å². The molecule has 57 heavy (non-hydrogen) atoms. The number of benzene rings is 10. The highest BCUT2D eigenvalue weighted by Gasteiger charge is 2.24. The maximum Gasteiger partial charge on any atom is 0.143 e. The molecule has 0 unspecified atom stereocenters. The zero-order chi connectivity index (χ0) is 37.5. The molecule has 0 aliphatic heterocycles. The first-order valence-corrected chi connectivity index (χ1v) is 19.4. The number of furan rings is 2. The topological polar surface area (TPSA) is 29.5 Å². The number of nitrogens with zero attached hydrogens (tertiary/aromatic N) is 1. The Bertz CT molecular complexity index is 3460. The van der Waals surface area contributed by atoms with Gasteiger partial charge in [0.1, 0.15) is 22.3 Å². The summed E-state index contributed by atoms with van der Waals surface area (Å²) >= 11 is 0. The SMILES string of the molecule is c1ccc(-c2cccc3oc4c(-c5cc6c(oc7cccc(N(c8ccc9ccccc9c8)c8ccc9ccccc9c8)c76)c6ccccc56)cccc4c23)cc1. The van der Waals surface area contributed by atoms with E-state index in [0.717, 1.165) is 88.4 Å². The molecule has 0 saturated carbocycles. The van der Waals surface area contributed by atoms with Crippen molar-refractivity contribution in [1.82, 2.24) is 0 Å². The Morgan fingerprint density at radius 1 is 0.316 bits per heavy atom. The van der Waals surface area contributed by atoms with Gasteiger partial charge in [0.05, 0.1) is 11.1 Å². The van der Waals surface area contributed by atoms with Crippen molar-refractivity contribution in [2.24, 2.45) is 0 Å². The Morgan fingerprint density at radius 3 is 1.61 bits per heavy atom. The molecule has 10 aromatic carbocycles. The average Bonchev–Trinajstić information content (AvgIpc) is 3.86. The Labute approximate surface area is 328 Å². The van der Waals surface area contributed by atoms with E-state index in [-0.39, 0.29) is 0 Å². The molecule has 0 fully saturated rings. The molecule has 3 heteroatoms. The van der Waals surface area contributed by atoms with Crippen LogP contribution in [0, 0.1) is 0 Å². The third-order valence-corrected chi connectivity index (χ3v) is 11.6. The third kappa shape index (κ3) is 4.92. The van der Waals surface area contributed by atoms with Gasteiger partial charge in [-0.15, -0.1) is 0 Å². The summed E-state index contributed by atoms with van der Waals surface area (Å²) in [7, 11) is 0. The van der Waals surface area contributed by atoms with E-state index < -0.39 is 0 Å². The summed E-state index contributed by atoms with van der Waals surface area (Å²) in [6, 6.07) is 71.4. The van der Waals surface area contributed by atoms with Gasteiger partial charge in [-0.2, -0.15) is 0 Å². The third-order valence-electron chi connectivity index (χ3n) is 11.6. The second-order valence-corrected chi connectivity index (χ2v) is 14.8. The fourth-order valence-electron chi connectivity index (χ4n) is 9.02. The van der Waals surface area contributed by atoms with Crippen molar-refractivity contribution < 1.29 is 8.83 Å². The van der Waals surface area contributed by atoms with E-state index in [1.165, 1.54) is 27.1 Å². The zero-order valence-corrected chi connectivity index (χ0v) is 30.8. The number of fused-ring (bicyclic) bond motifs is 10. The Hall–Kier alpha value is -7.62. The van der Waals surface area contributed by atoms with E-state index in [1.54, 1.807) is 0 Å². The van der Waals surface area contributed by atoms with Gasteiger partial charge < -0.3 is 13.7 Å². The summed E-state index contributed by atoms with van der Waals surface area (Å²) in [5, 5.41) is 11.3. The van der Waals surface area contributed by atoms with Crippen LogP contribution in [0.3, 0.4) is 0 Å². The second kappa shape index (κ2) is 12.5. The fourth-order valence-corrected chi connectivity index (χ4v) is 9.02. The highest BCUT2D eigenvalue weighted by Crippen LogP contribution is 2.48. The van der Waals surface area contributed by atoms with Crippen molar-refractivity contribution >= 4 is 93.3 Å². The molecule has 0 saturated heterocycles. The van der Waals surface area contributed by atoms with Crippen LogP contribution in [0.1, 0.15) is 0 Å². The fraction of sp³-hybridized carbons (Fsp3) is 0. The van der Waals surface area contributed by atoms with Crippen LogP contribution in [0.5, 0.6) is 0 Å². The summed E-state index contributed by atoms with van der Waals surface area (Å²) in [5.74, 6) is 0. The predicted octanol–water partition coefficient (Wildman–Crippen LogP) is 15.7. The monoisotopic (exact) mass is 727 g/mol. The highest BCUT2D eigenvalue weighted by molar-refractivity contribution is 6.24. The van der Waals surface area contributed by atoms with Gasteiger partial charge in [0, 0.05) is 38.5 Å². The molecule has 2 heterocycles. The molecule has 0 atom stereocenters. The summed E-state index contributed by atoms with van der Waals surface area (Å²) in [5.41, 5.74) is 11.2. The van der Waals surface area contributed by atoms with E-state index in [2.05, 4.69) is 205 Å². The van der Waals surface area contributed by atoms with Gasteiger partial charge in [0.2, 0.25) is 0 Å². The average molecular weight is 728 g/mol. The molecule has 12 aromatic rings. The minimum atomic E-state index is 0.839. The van der Waals surface area contributed by atoms with Crippen LogP contribution >= 0.6 is 0 Å². The second-order valence-electron chi connectivity index (χ2n) is 14.8. The Kier molecular flexibility index (Phi) is 6.93. The van der Waals surface area contributed by atoms with Gasteiger partial charge in [-0.1, -0.05) is 152 Å². The number of para-hydroxylation sites is 1. The van der Waals surface area contributed by atoms with Crippen LogP contribution in [-0.2, 0) is 0 Å². The van der Waals surface area contributed by atoms with E-state index in [4.69, 9.17) is 8.83 Å². The summed E-state index contributed by atoms with van der Waals surface area (Å²) in [6.07, 6.45) is 0. The van der Waals surface area contributed by atoms with Crippen LogP contribution in [0.2, 0.25) is 0 Å². The standard InChI is InChI=1S/C54H33NO2/c1-2-15-36(16-3-1)41-21-11-25-49-51(41)45-23-10-22-44(53(45)56-49)46-33-47-52-48(24-12-26-50(52)57-54(47)43-20-9-8-19-42(43)46)55(39-29-27-34-13-4-6-17-37(34)31-39)40-30-28-35-14-5-7-18-38(35)32-40/h1-33H. The van der Waals surface area contributed by atoms with Crippen molar-refractivity contribution in [3.05, 3.63) is 200 Å². The number of hydrogen-bond acceptors (Lipinski definition) is 3. The van der Waals surface area contributed by atoms with Crippen LogP contribution in [-0.4, -0.2) is 0 Å². The van der Waals surface area contributed by atoms with Gasteiger partial charge in [0.15, 0.2) is 0 Å². The van der Waals surface area contributed by atoms with Gasteiger partial charge >= 0.3 is 0 Å². The Morgan fingerprint density at radius 2 is 0.877 bits per heavy atom. The predicted molar refractivity (Wildman–Crippen MR) is 239 cm³/mol. The first-order valence-electron chi connectivity index (χ1n) is 19.4. The van der Waals surface area contributed by atoms with Crippen molar-refractivity contribution in [3.63, 3.8) is 0 Å². The van der Waals surface area contributed by atoms with E-state index in [1.807, 2.05) is 0 Å². The van der Waals surface area contributed by atoms with E-state index in [9.17, 15) is 0 Å². The summed E-state index contributed by atoms with van der Waals surface area (Å²) in [6.45, 7) is 0. The lowest BCUT2D eigenvalue weighted by molar-refractivity contribution is 0.670. The van der Waals surface area contributed by atoms with Crippen molar-refractivity contribution in [3.8, 4) is 22.3 Å². The molecule has 0 spiro atoms. The summed E-state index contributed by atoms with van der Waals surface area (Å²) < 4.78 is 13.8. The molecular weight excluding hydrogens is 695 g/mol. The van der Waals surface area contributed by atoms with E-state index in [0.29, 0.717) is 0 Å². The molecule has 3 nitrogen and oxygen atoms in total. The van der Waals surface area contributed by atoms with Gasteiger partial charge in [-0.25, -0.2) is 0 Å². The first kappa shape index (κ1) is 31.7. The normalized spacial score (nSPS) is 11.9. The molecule has 0 amide bonds. The molecule has 0 bridgehead atoms. The Balaban J connectivity index is 1.15. The molecule has 0 N–H and O–H groups in total. The molecule has 0 aliphatic rings. The van der Waals surface area contributed by atoms with Crippen molar-refractivity contribution in [2.45, 2.75) is 0 Å². The lowest BCUT2D eigenvalue weighted by atomic mass is 9.93. The minimum absolute atomic E-state index is 0.839. The first-order chi connectivity index (χ1) is 28.3. The number of hydrogen-bond donors (Lipinski definition) is 0. The lowest BCUT2D eigenvalue weighted by Gasteiger charge is -2.27. The minimum Gasteiger partial charge on any atom is -0.455 e. The van der Waals surface area contributed by atoms with Crippen molar-refractivity contribution in [1.29, 1.82) is 0 Å².